The zero-order valence-electron chi connectivity index (χ0n) is 16.1. The second-order valence-corrected chi connectivity index (χ2v) is 6.65. The number of hydrogen-bond donors (Lipinski definition) is 1. The first kappa shape index (κ1) is 18.5. The molecule has 0 radical (unpaired) electrons. The van der Waals surface area contributed by atoms with Gasteiger partial charge in [-0.15, -0.1) is 0 Å². The van der Waals surface area contributed by atoms with E-state index in [-0.39, 0.29) is 28.9 Å². The van der Waals surface area contributed by atoms with Gasteiger partial charge in [0, 0.05) is 29.7 Å². The van der Waals surface area contributed by atoms with Gasteiger partial charge in [-0.05, 0) is 32.0 Å². The van der Waals surface area contributed by atoms with E-state index >= 15 is 0 Å². The minimum Gasteiger partial charge on any atom is -0.462 e. The molecule has 8 heteroatoms. The highest BCUT2D eigenvalue weighted by Crippen LogP contribution is 2.17. The molecule has 0 amide bonds. The summed E-state index contributed by atoms with van der Waals surface area (Å²) < 4.78 is 8.26. The summed E-state index contributed by atoms with van der Waals surface area (Å²) in [5, 5.41) is 0.286. The number of nitrogens with two attached hydrogens (primary N) is 1. The fourth-order valence-corrected chi connectivity index (χ4v) is 3.32. The van der Waals surface area contributed by atoms with Crippen molar-refractivity contribution in [3.8, 4) is 0 Å². The Hall–Kier alpha value is -3.81. The Morgan fingerprint density at radius 3 is 2.86 bits per heavy atom. The lowest BCUT2D eigenvalue weighted by molar-refractivity contribution is -0.649. The Morgan fingerprint density at radius 2 is 2.14 bits per heavy atom. The fraction of sp³-hybridized carbons (Fsp3) is 0.190. The SMILES string of the molecule is CCOC(=O)c1cc2c(=O)n3cccc(C)c3nc2[n+](Cc2cccnc2)c1N. The molecule has 4 aromatic rings. The van der Waals surface area contributed by atoms with Gasteiger partial charge in [0.2, 0.25) is 11.5 Å². The van der Waals surface area contributed by atoms with E-state index in [4.69, 9.17) is 15.5 Å². The lowest BCUT2D eigenvalue weighted by Crippen LogP contribution is -2.42. The zero-order valence-corrected chi connectivity index (χ0v) is 16.1. The van der Waals surface area contributed by atoms with Crippen molar-refractivity contribution in [2.24, 2.45) is 0 Å². The first-order chi connectivity index (χ1) is 14.0. The highest BCUT2D eigenvalue weighted by atomic mass is 16.5. The lowest BCUT2D eigenvalue weighted by Gasteiger charge is -2.12. The number of nitrogen functional groups attached to an aromatic ring is 1. The Labute approximate surface area is 166 Å². The number of esters is 1. The second kappa shape index (κ2) is 7.31. The van der Waals surface area contributed by atoms with Gasteiger partial charge in [-0.3, -0.25) is 14.2 Å². The monoisotopic (exact) mass is 390 g/mol. The van der Waals surface area contributed by atoms with Crippen molar-refractivity contribution >= 4 is 28.5 Å². The molecule has 0 bridgehead atoms. The molecule has 0 aliphatic carbocycles. The molecular formula is C21H20N5O3+. The van der Waals surface area contributed by atoms with Crippen molar-refractivity contribution in [2.45, 2.75) is 20.4 Å². The van der Waals surface area contributed by atoms with Gasteiger partial charge in [0.15, 0.2) is 0 Å². The minimum absolute atomic E-state index is 0.134. The van der Waals surface area contributed by atoms with Crippen molar-refractivity contribution in [3.05, 3.63) is 76.0 Å². The van der Waals surface area contributed by atoms with Gasteiger partial charge >= 0.3 is 5.97 Å². The number of rotatable bonds is 4. The molecule has 4 heterocycles. The van der Waals surface area contributed by atoms with E-state index in [9.17, 15) is 9.59 Å². The van der Waals surface area contributed by atoms with Crippen LogP contribution in [-0.4, -0.2) is 26.9 Å². The van der Waals surface area contributed by atoms with Crippen LogP contribution in [0.1, 0.15) is 28.4 Å². The van der Waals surface area contributed by atoms with Crippen molar-refractivity contribution in [3.63, 3.8) is 0 Å². The molecule has 0 aliphatic heterocycles. The Bertz CT molecular complexity index is 1300. The van der Waals surface area contributed by atoms with Gasteiger partial charge in [0.05, 0.1) is 13.2 Å². The van der Waals surface area contributed by atoms with E-state index in [0.29, 0.717) is 17.8 Å². The van der Waals surface area contributed by atoms with Gasteiger partial charge in [0.1, 0.15) is 10.9 Å². The van der Waals surface area contributed by atoms with E-state index in [0.717, 1.165) is 11.1 Å². The van der Waals surface area contributed by atoms with Crippen LogP contribution in [0.2, 0.25) is 0 Å². The maximum Gasteiger partial charge on any atom is 0.344 e. The standard InChI is InChI=1S/C21H19N5O3/c1-3-29-21(28)15-10-16-19(24-18-13(2)6-5-9-25(18)20(16)27)26(17(15)22)12-14-7-4-8-23-11-14/h4-11,22H,3,12H2,1-2H3/p+1. The van der Waals surface area contributed by atoms with Gasteiger partial charge in [-0.2, -0.15) is 0 Å². The number of ether oxygens (including phenoxy) is 1. The fourth-order valence-electron chi connectivity index (χ4n) is 3.32. The summed E-state index contributed by atoms with van der Waals surface area (Å²) in [6.07, 6.45) is 5.03. The number of hydrogen-bond acceptors (Lipinski definition) is 6. The largest absolute Gasteiger partial charge is 0.462 e. The molecule has 4 aromatic heterocycles. The van der Waals surface area contributed by atoms with Crippen molar-refractivity contribution in [1.82, 2.24) is 14.4 Å². The average molecular weight is 390 g/mol. The topological polar surface area (TPSA) is 103 Å². The summed E-state index contributed by atoms with van der Waals surface area (Å²) in [7, 11) is 0. The molecule has 0 saturated heterocycles. The maximum atomic E-state index is 13.2. The zero-order chi connectivity index (χ0) is 20.5. The lowest BCUT2D eigenvalue weighted by atomic mass is 10.1. The molecule has 0 aliphatic rings. The van der Waals surface area contributed by atoms with Crippen molar-refractivity contribution in [1.29, 1.82) is 0 Å². The number of aromatic nitrogens is 4. The van der Waals surface area contributed by atoms with Crippen LogP contribution in [-0.2, 0) is 11.3 Å². The number of aryl methyl sites for hydroxylation is 1. The van der Waals surface area contributed by atoms with Crippen LogP contribution in [0.5, 0.6) is 0 Å². The number of nitrogens with zero attached hydrogens (tertiary/aromatic N) is 4. The predicted octanol–water partition coefficient (Wildman–Crippen LogP) is 1.65. The number of anilines is 1. The van der Waals surface area contributed by atoms with Crippen molar-refractivity contribution < 1.29 is 14.1 Å². The highest BCUT2D eigenvalue weighted by Gasteiger charge is 2.25. The molecule has 8 nitrogen and oxygen atoms in total. The smallest absolute Gasteiger partial charge is 0.344 e. The molecular weight excluding hydrogens is 370 g/mol. The number of carbonyl (C=O) groups is 1. The molecule has 0 unspecified atom stereocenters. The normalized spacial score (nSPS) is 11.1. The van der Waals surface area contributed by atoms with Crippen LogP contribution in [0.3, 0.4) is 0 Å². The number of carbonyl (C=O) groups excluding carboxylic acids is 1. The third-order valence-corrected chi connectivity index (χ3v) is 4.73. The summed E-state index contributed by atoms with van der Waals surface area (Å²) in [4.78, 5) is 34.5. The van der Waals surface area contributed by atoms with Crippen LogP contribution in [0.4, 0.5) is 5.82 Å². The van der Waals surface area contributed by atoms with Crippen LogP contribution in [0, 0.1) is 6.92 Å². The Balaban J connectivity index is 2.09. The maximum absolute atomic E-state index is 13.2. The third kappa shape index (κ3) is 3.18. The molecule has 2 N–H and O–H groups in total. The van der Waals surface area contributed by atoms with Gasteiger partial charge < -0.3 is 10.5 Å². The quantitative estimate of drug-likeness (QED) is 0.323. The van der Waals surface area contributed by atoms with E-state index in [1.54, 1.807) is 36.1 Å². The van der Waals surface area contributed by atoms with Crippen LogP contribution in [0.25, 0.3) is 16.7 Å². The molecule has 0 aromatic carbocycles. The predicted molar refractivity (Wildman–Crippen MR) is 108 cm³/mol. The number of pyridine rings is 3. The van der Waals surface area contributed by atoms with E-state index < -0.39 is 5.97 Å². The summed E-state index contributed by atoms with van der Waals surface area (Å²) in [5.41, 5.74) is 8.86. The van der Waals surface area contributed by atoms with Crippen LogP contribution >= 0.6 is 0 Å². The Morgan fingerprint density at radius 1 is 1.31 bits per heavy atom. The molecule has 29 heavy (non-hydrogen) atoms. The second-order valence-electron chi connectivity index (χ2n) is 6.65. The van der Waals surface area contributed by atoms with Crippen LogP contribution in [0.15, 0.2) is 53.7 Å². The minimum atomic E-state index is -0.583. The van der Waals surface area contributed by atoms with Gasteiger partial charge in [0.25, 0.3) is 11.2 Å². The van der Waals surface area contributed by atoms with Gasteiger partial charge in [-0.1, -0.05) is 17.1 Å². The molecule has 4 rings (SSSR count). The van der Waals surface area contributed by atoms with E-state index in [1.807, 2.05) is 25.1 Å². The summed E-state index contributed by atoms with van der Waals surface area (Å²) in [6, 6.07) is 8.83. The van der Waals surface area contributed by atoms with Gasteiger partial charge in [-0.25, -0.2) is 9.36 Å². The molecule has 0 spiro atoms. The molecule has 0 fully saturated rings. The third-order valence-electron chi connectivity index (χ3n) is 4.73. The van der Waals surface area contributed by atoms with E-state index in [2.05, 4.69) is 4.98 Å². The first-order valence-corrected chi connectivity index (χ1v) is 9.21. The molecule has 0 saturated carbocycles. The first-order valence-electron chi connectivity index (χ1n) is 9.21. The van der Waals surface area contributed by atoms with E-state index in [1.165, 1.54) is 10.5 Å². The summed E-state index contributed by atoms with van der Waals surface area (Å²) in [5.74, 6) is -0.398. The number of fused-ring (bicyclic) bond motifs is 2. The summed E-state index contributed by atoms with van der Waals surface area (Å²) >= 11 is 0. The van der Waals surface area contributed by atoms with Crippen LogP contribution < -0.4 is 15.9 Å². The van der Waals surface area contributed by atoms with Crippen molar-refractivity contribution in [2.75, 3.05) is 12.3 Å². The molecule has 146 valence electrons. The molecule has 0 atom stereocenters. The Kier molecular flexibility index (Phi) is 4.67. The highest BCUT2D eigenvalue weighted by molar-refractivity contribution is 5.96. The average Bonchev–Trinajstić information content (AvgIpc) is 2.72. The summed E-state index contributed by atoms with van der Waals surface area (Å²) in [6.45, 7) is 4.10.